The molecule has 0 aliphatic carbocycles. The SMILES string of the molecule is CS(=O)(=O)[C@H](CCC(=O)c1cccs1)C(=O)c1ccccc1. The Hall–Kier alpha value is -1.79. The van der Waals surface area contributed by atoms with Crippen molar-refractivity contribution in [3.05, 3.63) is 58.3 Å². The molecule has 22 heavy (non-hydrogen) atoms. The summed E-state index contributed by atoms with van der Waals surface area (Å²) in [6.45, 7) is 0. The Kier molecular flexibility index (Phi) is 5.26. The first kappa shape index (κ1) is 16.6. The predicted octanol–water partition coefficient (Wildman–Crippen LogP) is 3.01. The van der Waals surface area contributed by atoms with Gasteiger partial charge in [-0.25, -0.2) is 8.42 Å². The number of carbonyl (C=O) groups is 2. The van der Waals surface area contributed by atoms with E-state index in [1.54, 1.807) is 47.8 Å². The minimum atomic E-state index is -3.58. The molecule has 116 valence electrons. The Labute approximate surface area is 133 Å². The van der Waals surface area contributed by atoms with E-state index in [-0.39, 0.29) is 18.6 Å². The lowest BCUT2D eigenvalue weighted by molar-refractivity contribution is 0.0962. The number of ketones is 2. The molecule has 0 radical (unpaired) electrons. The van der Waals surface area contributed by atoms with Crippen LogP contribution in [0.25, 0.3) is 0 Å². The topological polar surface area (TPSA) is 68.3 Å². The molecular weight excluding hydrogens is 320 g/mol. The van der Waals surface area contributed by atoms with Gasteiger partial charge in [0.15, 0.2) is 21.4 Å². The van der Waals surface area contributed by atoms with Crippen LogP contribution in [0.15, 0.2) is 47.8 Å². The first-order chi connectivity index (χ1) is 10.4. The molecule has 1 aromatic heterocycles. The van der Waals surface area contributed by atoms with E-state index in [1.807, 2.05) is 0 Å². The van der Waals surface area contributed by atoms with E-state index in [9.17, 15) is 18.0 Å². The molecule has 0 fully saturated rings. The monoisotopic (exact) mass is 336 g/mol. The fraction of sp³-hybridized carbons (Fsp3) is 0.250. The van der Waals surface area contributed by atoms with Gasteiger partial charge in [-0.1, -0.05) is 36.4 Å². The zero-order valence-corrected chi connectivity index (χ0v) is 13.7. The van der Waals surface area contributed by atoms with Gasteiger partial charge in [0.2, 0.25) is 0 Å². The number of benzene rings is 1. The summed E-state index contributed by atoms with van der Waals surface area (Å²) in [7, 11) is -3.58. The quantitative estimate of drug-likeness (QED) is 0.729. The zero-order valence-electron chi connectivity index (χ0n) is 12.1. The molecule has 0 aliphatic heterocycles. The third-order valence-corrected chi connectivity index (χ3v) is 5.69. The molecule has 2 rings (SSSR count). The van der Waals surface area contributed by atoms with E-state index in [2.05, 4.69) is 0 Å². The lowest BCUT2D eigenvalue weighted by Crippen LogP contribution is -2.30. The van der Waals surface area contributed by atoms with Gasteiger partial charge < -0.3 is 0 Å². The van der Waals surface area contributed by atoms with E-state index >= 15 is 0 Å². The first-order valence-corrected chi connectivity index (χ1v) is 9.58. The molecule has 6 heteroatoms. The Balaban J connectivity index is 2.14. The van der Waals surface area contributed by atoms with Crippen molar-refractivity contribution >= 4 is 32.7 Å². The van der Waals surface area contributed by atoms with E-state index in [0.29, 0.717) is 10.4 Å². The van der Waals surface area contributed by atoms with Gasteiger partial charge in [0.25, 0.3) is 0 Å². The second-order valence-electron chi connectivity index (χ2n) is 4.99. The molecule has 2 aromatic rings. The minimum Gasteiger partial charge on any atom is -0.293 e. The van der Waals surface area contributed by atoms with Gasteiger partial charge in [-0.15, -0.1) is 11.3 Å². The Morgan fingerprint density at radius 3 is 2.32 bits per heavy atom. The van der Waals surface area contributed by atoms with Crippen LogP contribution in [0.3, 0.4) is 0 Å². The molecule has 0 saturated heterocycles. The average molecular weight is 336 g/mol. The maximum atomic E-state index is 12.4. The number of hydrogen-bond acceptors (Lipinski definition) is 5. The van der Waals surface area contributed by atoms with Gasteiger partial charge in [-0.3, -0.25) is 9.59 Å². The molecule has 0 aliphatic rings. The number of carbonyl (C=O) groups excluding carboxylic acids is 2. The summed E-state index contributed by atoms with van der Waals surface area (Å²) in [6, 6.07) is 11.8. The van der Waals surface area contributed by atoms with Crippen molar-refractivity contribution in [3.63, 3.8) is 0 Å². The molecule has 1 heterocycles. The van der Waals surface area contributed by atoms with Crippen LogP contribution in [0.1, 0.15) is 32.9 Å². The van der Waals surface area contributed by atoms with Crippen LogP contribution >= 0.6 is 11.3 Å². The first-order valence-electron chi connectivity index (χ1n) is 6.74. The van der Waals surface area contributed by atoms with Crippen molar-refractivity contribution in [2.24, 2.45) is 0 Å². The highest BCUT2D eigenvalue weighted by atomic mass is 32.2. The van der Waals surface area contributed by atoms with Crippen LogP contribution in [0.4, 0.5) is 0 Å². The Bertz CT molecular complexity index is 747. The molecule has 1 aromatic carbocycles. The fourth-order valence-corrected chi connectivity index (χ4v) is 3.92. The summed E-state index contributed by atoms with van der Waals surface area (Å²) >= 11 is 1.31. The molecule has 0 N–H and O–H groups in total. The lowest BCUT2D eigenvalue weighted by atomic mass is 10.0. The van der Waals surface area contributed by atoms with E-state index in [1.165, 1.54) is 11.3 Å². The van der Waals surface area contributed by atoms with Crippen molar-refractivity contribution in [1.82, 2.24) is 0 Å². The summed E-state index contributed by atoms with van der Waals surface area (Å²) in [5.74, 6) is -0.591. The average Bonchev–Trinajstić information content (AvgIpc) is 3.01. The van der Waals surface area contributed by atoms with E-state index in [0.717, 1.165) is 6.26 Å². The third-order valence-electron chi connectivity index (χ3n) is 3.30. The number of rotatable bonds is 7. The van der Waals surface area contributed by atoms with Crippen LogP contribution in [-0.2, 0) is 9.84 Å². The van der Waals surface area contributed by atoms with E-state index < -0.39 is 20.9 Å². The summed E-state index contributed by atoms with van der Waals surface area (Å²) < 4.78 is 23.8. The van der Waals surface area contributed by atoms with Crippen LogP contribution in [0.5, 0.6) is 0 Å². The van der Waals surface area contributed by atoms with Gasteiger partial charge in [0.05, 0.1) is 4.88 Å². The summed E-state index contributed by atoms with van der Waals surface area (Å²) in [5.41, 5.74) is 0.349. The highest BCUT2D eigenvalue weighted by Crippen LogP contribution is 2.18. The molecule has 0 saturated carbocycles. The highest BCUT2D eigenvalue weighted by molar-refractivity contribution is 7.92. The van der Waals surface area contributed by atoms with E-state index in [4.69, 9.17) is 0 Å². The van der Waals surface area contributed by atoms with Crippen LogP contribution in [0.2, 0.25) is 0 Å². The van der Waals surface area contributed by atoms with Gasteiger partial charge in [-0.2, -0.15) is 0 Å². The summed E-state index contributed by atoms with van der Waals surface area (Å²) in [5, 5.41) is 0.606. The lowest BCUT2D eigenvalue weighted by Gasteiger charge is -2.13. The van der Waals surface area contributed by atoms with Gasteiger partial charge in [0.1, 0.15) is 5.25 Å². The summed E-state index contributed by atoms with van der Waals surface area (Å²) in [6.07, 6.45) is 1.08. The number of hydrogen-bond donors (Lipinski definition) is 0. The number of thiophene rings is 1. The Morgan fingerprint density at radius 2 is 1.77 bits per heavy atom. The van der Waals surface area contributed by atoms with Gasteiger partial charge in [0, 0.05) is 18.2 Å². The van der Waals surface area contributed by atoms with Crippen LogP contribution < -0.4 is 0 Å². The predicted molar refractivity (Wildman–Crippen MR) is 87.3 cm³/mol. The van der Waals surface area contributed by atoms with Crippen LogP contribution in [-0.4, -0.2) is 31.5 Å². The standard InChI is InChI=1S/C16H16O4S2/c1-22(19,20)15(16(18)12-6-3-2-4-7-12)10-9-13(17)14-8-5-11-21-14/h2-8,11,15H,9-10H2,1H3/t15-/m1/s1. The molecule has 0 spiro atoms. The van der Waals surface area contributed by atoms with Gasteiger partial charge >= 0.3 is 0 Å². The van der Waals surface area contributed by atoms with Crippen molar-refractivity contribution in [1.29, 1.82) is 0 Å². The molecule has 4 nitrogen and oxygen atoms in total. The number of sulfone groups is 1. The maximum Gasteiger partial charge on any atom is 0.180 e. The second kappa shape index (κ2) is 6.98. The van der Waals surface area contributed by atoms with Crippen molar-refractivity contribution in [3.8, 4) is 0 Å². The smallest absolute Gasteiger partial charge is 0.180 e. The molecule has 1 atom stereocenters. The largest absolute Gasteiger partial charge is 0.293 e. The molecule has 0 unspecified atom stereocenters. The number of Topliss-reactive ketones (excluding diaryl/α,β-unsaturated/α-hetero) is 2. The van der Waals surface area contributed by atoms with Crippen LogP contribution in [0, 0.1) is 0 Å². The maximum absolute atomic E-state index is 12.4. The van der Waals surface area contributed by atoms with Crippen molar-refractivity contribution in [2.45, 2.75) is 18.1 Å². The van der Waals surface area contributed by atoms with Crippen molar-refractivity contribution in [2.75, 3.05) is 6.26 Å². The zero-order chi connectivity index (χ0) is 16.2. The minimum absolute atomic E-state index is 0.00327. The third kappa shape index (κ3) is 4.11. The molecular formula is C16H16O4S2. The van der Waals surface area contributed by atoms with Gasteiger partial charge in [-0.05, 0) is 17.9 Å². The Morgan fingerprint density at radius 1 is 1.09 bits per heavy atom. The normalized spacial score (nSPS) is 12.8. The molecule has 0 bridgehead atoms. The molecule has 0 amide bonds. The van der Waals surface area contributed by atoms with Crippen molar-refractivity contribution < 1.29 is 18.0 Å². The second-order valence-corrected chi connectivity index (χ2v) is 8.16. The fourth-order valence-electron chi connectivity index (χ4n) is 2.15. The highest BCUT2D eigenvalue weighted by Gasteiger charge is 2.30. The summed E-state index contributed by atoms with van der Waals surface area (Å²) in [4.78, 5) is 25.0.